The Morgan fingerprint density at radius 3 is 2.87 bits per heavy atom. The van der Waals surface area contributed by atoms with Gasteiger partial charge in [-0.15, -0.1) is 0 Å². The molecule has 0 aromatic heterocycles. The Hall–Kier alpha value is -0.0900. The number of halogens is 1. The van der Waals surface area contributed by atoms with Crippen LogP contribution in [0, 0.1) is 5.92 Å². The molecular formula is C13H18IN. The minimum absolute atomic E-state index is 0.729. The van der Waals surface area contributed by atoms with Crippen LogP contribution in [-0.2, 0) is 6.54 Å². The van der Waals surface area contributed by atoms with Crippen molar-refractivity contribution in [1.29, 1.82) is 0 Å². The number of nitrogens with zero attached hydrogens (tertiary/aromatic N) is 1. The molecular weight excluding hydrogens is 297 g/mol. The number of fused-ring (bicyclic) bond motifs is 1. The van der Waals surface area contributed by atoms with Crippen molar-refractivity contribution in [2.24, 2.45) is 5.92 Å². The van der Waals surface area contributed by atoms with Crippen molar-refractivity contribution in [2.75, 3.05) is 6.54 Å². The highest BCUT2D eigenvalue weighted by atomic mass is 127. The molecule has 1 aromatic rings. The highest BCUT2D eigenvalue weighted by Gasteiger charge is 2.23. The summed E-state index contributed by atoms with van der Waals surface area (Å²) in [7, 11) is 0. The molecule has 1 aliphatic heterocycles. The summed E-state index contributed by atoms with van der Waals surface area (Å²) in [5.41, 5.74) is 3.10. The van der Waals surface area contributed by atoms with Gasteiger partial charge in [-0.1, -0.05) is 38.1 Å². The van der Waals surface area contributed by atoms with Gasteiger partial charge in [0.2, 0.25) is 0 Å². The van der Waals surface area contributed by atoms with Crippen molar-refractivity contribution >= 4 is 22.9 Å². The lowest BCUT2D eigenvalue weighted by Gasteiger charge is -2.31. The van der Waals surface area contributed by atoms with E-state index in [0.717, 1.165) is 18.4 Å². The second-order valence-corrected chi connectivity index (χ2v) is 6.19. The van der Waals surface area contributed by atoms with Crippen molar-refractivity contribution in [3.63, 3.8) is 0 Å². The quantitative estimate of drug-likeness (QED) is 0.589. The molecule has 1 aliphatic rings. The molecule has 0 aliphatic carbocycles. The molecule has 0 radical (unpaired) electrons. The van der Waals surface area contributed by atoms with E-state index < -0.39 is 0 Å². The fourth-order valence-corrected chi connectivity index (χ4v) is 3.28. The monoisotopic (exact) mass is 315 g/mol. The Balaban J connectivity index is 2.26. The van der Waals surface area contributed by atoms with E-state index in [1.807, 2.05) is 0 Å². The van der Waals surface area contributed by atoms with Crippen LogP contribution in [-0.4, -0.2) is 9.66 Å². The largest absolute Gasteiger partial charge is 0.243 e. The van der Waals surface area contributed by atoms with Gasteiger partial charge >= 0.3 is 0 Å². The number of benzene rings is 1. The van der Waals surface area contributed by atoms with Crippen molar-refractivity contribution in [2.45, 2.75) is 32.7 Å². The molecule has 0 amide bonds. The van der Waals surface area contributed by atoms with E-state index in [1.54, 1.807) is 5.56 Å². The Morgan fingerprint density at radius 1 is 1.40 bits per heavy atom. The zero-order valence-corrected chi connectivity index (χ0v) is 11.6. The third kappa shape index (κ3) is 2.72. The molecule has 1 nitrogen and oxygen atoms in total. The standard InChI is InChI=1S/C13H18IN/c1-10(2)7-12-9-15(14)8-11-5-3-4-6-13(11)12/h3-6,10,12H,7-9H2,1-2H3/t12-/m1/s1. The van der Waals surface area contributed by atoms with Crippen LogP contribution < -0.4 is 0 Å². The summed E-state index contributed by atoms with van der Waals surface area (Å²) >= 11 is 2.45. The zero-order valence-electron chi connectivity index (χ0n) is 9.41. The van der Waals surface area contributed by atoms with Gasteiger partial charge < -0.3 is 0 Å². The topological polar surface area (TPSA) is 3.24 Å². The van der Waals surface area contributed by atoms with E-state index in [2.05, 4.69) is 64.1 Å². The molecule has 0 spiro atoms. The Morgan fingerprint density at radius 2 is 2.13 bits per heavy atom. The zero-order chi connectivity index (χ0) is 10.8. The van der Waals surface area contributed by atoms with Crippen molar-refractivity contribution in [3.05, 3.63) is 35.4 Å². The summed E-state index contributed by atoms with van der Waals surface area (Å²) in [6.07, 6.45) is 1.30. The predicted molar refractivity (Wildman–Crippen MR) is 73.1 cm³/mol. The summed E-state index contributed by atoms with van der Waals surface area (Å²) in [4.78, 5) is 0. The first-order valence-electron chi connectivity index (χ1n) is 5.65. The van der Waals surface area contributed by atoms with Crippen LogP contribution in [0.25, 0.3) is 0 Å². The first-order chi connectivity index (χ1) is 7.16. The van der Waals surface area contributed by atoms with E-state index in [9.17, 15) is 0 Å². The highest BCUT2D eigenvalue weighted by Crippen LogP contribution is 2.33. The van der Waals surface area contributed by atoms with E-state index in [1.165, 1.54) is 18.5 Å². The summed E-state index contributed by atoms with van der Waals surface area (Å²) in [6, 6.07) is 8.91. The molecule has 1 atom stereocenters. The summed E-state index contributed by atoms with van der Waals surface area (Å²) in [5, 5.41) is 0. The maximum absolute atomic E-state index is 2.45. The van der Waals surface area contributed by atoms with Gasteiger partial charge in [0, 0.05) is 36.0 Å². The van der Waals surface area contributed by atoms with Crippen molar-refractivity contribution < 1.29 is 0 Å². The Kier molecular flexibility index (Phi) is 3.67. The molecule has 0 saturated heterocycles. The van der Waals surface area contributed by atoms with Crippen LogP contribution in [0.15, 0.2) is 24.3 Å². The van der Waals surface area contributed by atoms with Crippen LogP contribution in [0.3, 0.4) is 0 Å². The summed E-state index contributed by atoms with van der Waals surface area (Å²) in [6.45, 7) is 6.94. The van der Waals surface area contributed by atoms with Gasteiger partial charge in [-0.25, -0.2) is 3.11 Å². The van der Waals surface area contributed by atoms with E-state index in [0.29, 0.717) is 0 Å². The van der Waals surface area contributed by atoms with Crippen LogP contribution >= 0.6 is 22.9 Å². The predicted octanol–water partition coefficient (Wildman–Crippen LogP) is 3.98. The lowest BCUT2D eigenvalue weighted by molar-refractivity contribution is 0.377. The normalized spacial score (nSPS) is 21.7. The molecule has 0 bridgehead atoms. The molecule has 0 unspecified atom stereocenters. The first kappa shape index (κ1) is 11.4. The Bertz CT molecular complexity index is 335. The molecule has 0 N–H and O–H groups in total. The molecule has 2 heteroatoms. The van der Waals surface area contributed by atoms with Crippen molar-refractivity contribution in [3.8, 4) is 0 Å². The minimum atomic E-state index is 0.729. The van der Waals surface area contributed by atoms with Crippen LogP contribution in [0.5, 0.6) is 0 Å². The van der Waals surface area contributed by atoms with Crippen LogP contribution in [0.2, 0.25) is 0 Å². The second kappa shape index (κ2) is 4.83. The minimum Gasteiger partial charge on any atom is -0.243 e. The lowest BCUT2D eigenvalue weighted by atomic mass is 9.85. The molecule has 1 heterocycles. The van der Waals surface area contributed by atoms with Crippen LogP contribution in [0.1, 0.15) is 37.3 Å². The van der Waals surface area contributed by atoms with Gasteiger partial charge in [-0.05, 0) is 29.4 Å². The molecule has 15 heavy (non-hydrogen) atoms. The molecule has 0 fully saturated rings. The molecule has 2 rings (SSSR count). The highest BCUT2D eigenvalue weighted by molar-refractivity contribution is 14.1. The molecule has 0 saturated carbocycles. The fraction of sp³-hybridized carbons (Fsp3) is 0.538. The summed E-state index contributed by atoms with van der Waals surface area (Å²) in [5.74, 6) is 1.51. The van der Waals surface area contributed by atoms with E-state index in [4.69, 9.17) is 0 Å². The molecule has 1 aromatic carbocycles. The van der Waals surface area contributed by atoms with E-state index in [-0.39, 0.29) is 0 Å². The third-order valence-electron chi connectivity index (χ3n) is 3.01. The van der Waals surface area contributed by atoms with E-state index >= 15 is 0 Å². The number of rotatable bonds is 2. The van der Waals surface area contributed by atoms with Crippen molar-refractivity contribution in [1.82, 2.24) is 3.11 Å². The number of hydrogen-bond donors (Lipinski definition) is 0. The first-order valence-corrected chi connectivity index (χ1v) is 6.62. The molecule has 82 valence electrons. The maximum Gasteiger partial charge on any atom is 0.0335 e. The average Bonchev–Trinajstić information content (AvgIpc) is 2.16. The Labute approximate surface area is 106 Å². The SMILES string of the molecule is CC(C)C[C@@H]1CN(I)Cc2ccccc21. The maximum atomic E-state index is 2.45. The third-order valence-corrected chi connectivity index (χ3v) is 3.75. The number of hydrogen-bond acceptors (Lipinski definition) is 1. The van der Waals surface area contributed by atoms with Crippen LogP contribution in [0.4, 0.5) is 0 Å². The van der Waals surface area contributed by atoms with Gasteiger partial charge in [0.05, 0.1) is 0 Å². The summed E-state index contributed by atoms with van der Waals surface area (Å²) < 4.78 is 2.41. The van der Waals surface area contributed by atoms with Gasteiger partial charge in [0.1, 0.15) is 0 Å². The van der Waals surface area contributed by atoms with Gasteiger partial charge in [0.25, 0.3) is 0 Å². The smallest absolute Gasteiger partial charge is 0.0335 e. The van der Waals surface area contributed by atoms with Gasteiger partial charge in [0.15, 0.2) is 0 Å². The fourth-order valence-electron chi connectivity index (χ4n) is 2.43. The average molecular weight is 315 g/mol. The van der Waals surface area contributed by atoms with Gasteiger partial charge in [-0.2, -0.15) is 0 Å². The lowest BCUT2D eigenvalue weighted by Crippen LogP contribution is -2.27. The van der Waals surface area contributed by atoms with Gasteiger partial charge in [-0.3, -0.25) is 0 Å². The second-order valence-electron chi connectivity index (χ2n) is 4.83.